The third-order valence-electron chi connectivity index (χ3n) is 3.68. The van der Waals surface area contributed by atoms with Gasteiger partial charge in [0.25, 0.3) is 10.0 Å². The Morgan fingerprint density at radius 2 is 1.88 bits per heavy atom. The molecule has 2 N–H and O–H groups in total. The van der Waals surface area contributed by atoms with Crippen LogP contribution in [-0.4, -0.2) is 25.1 Å². The van der Waals surface area contributed by atoms with Crippen LogP contribution in [0.3, 0.4) is 0 Å². The molecule has 25 heavy (non-hydrogen) atoms. The summed E-state index contributed by atoms with van der Waals surface area (Å²) < 4.78 is 33.4. The van der Waals surface area contributed by atoms with Crippen molar-refractivity contribution in [2.45, 2.75) is 18.7 Å². The third kappa shape index (κ3) is 3.34. The standard InChI is InChI=1S/C17H17N3O4S/c1-3-24-12-7-9-13(10-8-12)25(22,23)20-19-16-14-6-4-5-11(2)15(14)18-17(16)21/h4-10,18,21H,3H2,1-2H3. The predicted molar refractivity (Wildman–Crippen MR) is 94.0 cm³/mol. The van der Waals surface area contributed by atoms with E-state index in [1.807, 2.05) is 19.9 Å². The van der Waals surface area contributed by atoms with E-state index in [0.717, 1.165) is 5.56 Å². The van der Waals surface area contributed by atoms with Crippen molar-refractivity contribution in [2.24, 2.45) is 9.63 Å². The van der Waals surface area contributed by atoms with Gasteiger partial charge in [0.05, 0.1) is 17.0 Å². The van der Waals surface area contributed by atoms with E-state index in [-0.39, 0.29) is 16.5 Å². The van der Waals surface area contributed by atoms with Gasteiger partial charge >= 0.3 is 0 Å². The Morgan fingerprint density at radius 3 is 2.56 bits per heavy atom. The second kappa shape index (κ2) is 6.56. The van der Waals surface area contributed by atoms with Crippen molar-refractivity contribution in [3.63, 3.8) is 0 Å². The number of aromatic amines is 1. The number of benzene rings is 2. The number of para-hydroxylation sites is 1. The van der Waals surface area contributed by atoms with Gasteiger partial charge in [0, 0.05) is 5.39 Å². The first-order valence-corrected chi connectivity index (χ1v) is 9.07. The Bertz CT molecular complexity index is 1040. The summed E-state index contributed by atoms with van der Waals surface area (Å²) in [6, 6.07) is 11.3. The normalized spacial score (nSPS) is 12.1. The van der Waals surface area contributed by atoms with E-state index >= 15 is 0 Å². The number of hydrogen-bond acceptors (Lipinski definition) is 5. The number of nitrogens with zero attached hydrogens (tertiary/aromatic N) is 2. The number of aromatic nitrogens is 1. The van der Waals surface area contributed by atoms with Crippen molar-refractivity contribution in [1.82, 2.24) is 4.98 Å². The number of hydrogen-bond donors (Lipinski definition) is 2. The zero-order valence-corrected chi connectivity index (χ0v) is 14.5. The second-order valence-electron chi connectivity index (χ2n) is 5.38. The van der Waals surface area contributed by atoms with Gasteiger partial charge < -0.3 is 14.8 Å². The lowest BCUT2D eigenvalue weighted by Gasteiger charge is -2.03. The molecule has 7 nitrogen and oxygen atoms in total. The Morgan fingerprint density at radius 1 is 1.16 bits per heavy atom. The molecule has 2 aromatic carbocycles. The van der Waals surface area contributed by atoms with Crippen LogP contribution in [0.2, 0.25) is 0 Å². The van der Waals surface area contributed by atoms with E-state index in [4.69, 9.17) is 4.74 Å². The minimum Gasteiger partial charge on any atom is -0.494 e. The highest BCUT2D eigenvalue weighted by atomic mass is 32.2. The van der Waals surface area contributed by atoms with Crippen LogP contribution in [-0.2, 0) is 10.0 Å². The van der Waals surface area contributed by atoms with Gasteiger partial charge in [-0.05, 0) is 43.7 Å². The minimum atomic E-state index is -3.99. The molecule has 0 aliphatic rings. The van der Waals surface area contributed by atoms with E-state index in [9.17, 15) is 13.5 Å². The average Bonchev–Trinajstić information content (AvgIpc) is 2.91. The van der Waals surface area contributed by atoms with E-state index in [0.29, 0.717) is 23.3 Å². The van der Waals surface area contributed by atoms with Crippen LogP contribution in [0.4, 0.5) is 5.69 Å². The summed E-state index contributed by atoms with van der Waals surface area (Å²) in [5, 5.41) is 14.4. The van der Waals surface area contributed by atoms with Crippen LogP contribution < -0.4 is 4.74 Å². The molecule has 0 bridgehead atoms. The molecule has 0 atom stereocenters. The van der Waals surface area contributed by atoms with Crippen LogP contribution in [0.15, 0.2) is 57.0 Å². The van der Waals surface area contributed by atoms with Crippen LogP contribution in [0.1, 0.15) is 12.5 Å². The quantitative estimate of drug-likeness (QED) is 0.670. The maximum atomic E-state index is 12.3. The molecule has 8 heteroatoms. The van der Waals surface area contributed by atoms with Gasteiger partial charge in [0.15, 0.2) is 5.69 Å². The SMILES string of the molecule is CCOc1ccc(S(=O)(=O)N=Nc2c(O)[nH]c3c(C)cccc23)cc1. The van der Waals surface area contributed by atoms with Crippen molar-refractivity contribution in [3.05, 3.63) is 48.0 Å². The van der Waals surface area contributed by atoms with Gasteiger partial charge in [-0.3, -0.25) is 0 Å². The zero-order valence-electron chi connectivity index (χ0n) is 13.7. The van der Waals surface area contributed by atoms with Gasteiger partial charge in [-0.1, -0.05) is 22.7 Å². The highest BCUT2D eigenvalue weighted by molar-refractivity contribution is 7.90. The Hall–Kier alpha value is -2.87. The van der Waals surface area contributed by atoms with Crippen LogP contribution in [0, 0.1) is 6.92 Å². The minimum absolute atomic E-state index is 0.00443. The maximum Gasteiger partial charge on any atom is 0.299 e. The van der Waals surface area contributed by atoms with Gasteiger partial charge in [0.2, 0.25) is 5.88 Å². The summed E-state index contributed by atoms with van der Waals surface area (Å²) in [6.07, 6.45) is 0. The topological polar surface area (TPSA) is 104 Å². The maximum absolute atomic E-state index is 12.3. The van der Waals surface area contributed by atoms with Crippen LogP contribution in [0.5, 0.6) is 11.6 Å². The molecule has 1 aromatic heterocycles. The second-order valence-corrected chi connectivity index (χ2v) is 6.97. The molecule has 0 saturated heterocycles. The monoisotopic (exact) mass is 359 g/mol. The Kier molecular flexibility index (Phi) is 4.45. The fraction of sp³-hybridized carbons (Fsp3) is 0.176. The average molecular weight is 359 g/mol. The molecule has 0 radical (unpaired) electrons. The molecule has 3 rings (SSSR count). The molecule has 0 amide bonds. The van der Waals surface area contributed by atoms with Gasteiger partial charge in [-0.2, -0.15) is 8.42 Å². The fourth-order valence-electron chi connectivity index (χ4n) is 2.45. The Balaban J connectivity index is 1.95. The van der Waals surface area contributed by atoms with Crippen molar-refractivity contribution in [3.8, 4) is 11.6 Å². The van der Waals surface area contributed by atoms with E-state index in [2.05, 4.69) is 14.6 Å². The number of sulfonamides is 1. The molecule has 0 spiro atoms. The molecule has 0 saturated carbocycles. The number of fused-ring (bicyclic) bond motifs is 1. The lowest BCUT2D eigenvalue weighted by Crippen LogP contribution is -1.96. The molecule has 3 aromatic rings. The van der Waals surface area contributed by atoms with Crippen LogP contribution in [0.25, 0.3) is 10.9 Å². The predicted octanol–water partition coefficient (Wildman–Crippen LogP) is 4.05. The fourth-order valence-corrected chi connectivity index (χ4v) is 3.22. The van der Waals surface area contributed by atoms with Crippen molar-refractivity contribution < 1.29 is 18.3 Å². The summed E-state index contributed by atoms with van der Waals surface area (Å²) in [6.45, 7) is 4.20. The van der Waals surface area contributed by atoms with Crippen molar-refractivity contribution in [1.29, 1.82) is 0 Å². The van der Waals surface area contributed by atoms with Crippen LogP contribution >= 0.6 is 0 Å². The summed E-state index contributed by atoms with van der Waals surface area (Å²) in [4.78, 5) is 2.78. The molecule has 0 unspecified atom stereocenters. The van der Waals surface area contributed by atoms with Crippen molar-refractivity contribution in [2.75, 3.05) is 6.61 Å². The summed E-state index contributed by atoms with van der Waals surface area (Å²) in [7, 11) is -3.99. The first-order chi connectivity index (χ1) is 11.9. The smallest absolute Gasteiger partial charge is 0.299 e. The molecule has 0 aliphatic carbocycles. The van der Waals surface area contributed by atoms with E-state index < -0.39 is 10.0 Å². The van der Waals surface area contributed by atoms with Gasteiger partial charge in [-0.25, -0.2) is 0 Å². The number of H-pyrrole nitrogens is 1. The van der Waals surface area contributed by atoms with E-state index in [1.165, 1.54) is 12.1 Å². The summed E-state index contributed by atoms with van der Waals surface area (Å²) in [5.41, 5.74) is 1.68. The highest BCUT2D eigenvalue weighted by Crippen LogP contribution is 2.37. The van der Waals surface area contributed by atoms with Gasteiger partial charge in [-0.15, -0.1) is 5.11 Å². The number of rotatable bonds is 5. The molecule has 130 valence electrons. The largest absolute Gasteiger partial charge is 0.494 e. The summed E-state index contributed by atoms with van der Waals surface area (Å²) in [5.74, 6) is 0.345. The number of nitrogens with one attached hydrogen (secondary N) is 1. The molecular weight excluding hydrogens is 342 g/mol. The molecule has 0 aliphatic heterocycles. The molecular formula is C17H17N3O4S. The first-order valence-electron chi connectivity index (χ1n) is 7.63. The Labute approximate surface area is 145 Å². The third-order valence-corrected chi connectivity index (χ3v) is 4.84. The van der Waals surface area contributed by atoms with Crippen molar-refractivity contribution >= 4 is 26.6 Å². The first kappa shape index (κ1) is 17.0. The lowest BCUT2D eigenvalue weighted by atomic mass is 10.1. The lowest BCUT2D eigenvalue weighted by molar-refractivity contribution is 0.340. The number of ether oxygens (including phenoxy) is 1. The zero-order chi connectivity index (χ0) is 18.0. The summed E-state index contributed by atoms with van der Waals surface area (Å²) >= 11 is 0. The van der Waals surface area contributed by atoms with E-state index in [1.54, 1.807) is 24.3 Å². The number of aryl methyl sites for hydroxylation is 1. The number of aromatic hydroxyl groups is 1. The molecule has 1 heterocycles. The molecule has 0 fully saturated rings. The highest BCUT2D eigenvalue weighted by Gasteiger charge is 2.16. The van der Waals surface area contributed by atoms with Gasteiger partial charge in [0.1, 0.15) is 5.75 Å².